The van der Waals surface area contributed by atoms with E-state index >= 15 is 0 Å². The number of nitrogens with zero attached hydrogens (tertiary/aromatic N) is 1. The highest BCUT2D eigenvalue weighted by atomic mass is 16.3. The Balaban J connectivity index is 0.967. The van der Waals surface area contributed by atoms with Crippen LogP contribution in [0.3, 0.4) is 0 Å². The summed E-state index contributed by atoms with van der Waals surface area (Å²) in [5.41, 5.74) is 25.1. The maximum absolute atomic E-state index is 6.66. The third-order valence-corrected chi connectivity index (χ3v) is 16.1. The Morgan fingerprint density at radius 3 is 1.63 bits per heavy atom. The molecule has 1 heterocycles. The number of fused-ring (bicyclic) bond motifs is 18. The average Bonchev–Trinajstić information content (AvgIpc) is 4.11. The van der Waals surface area contributed by atoms with E-state index < -0.39 is 5.41 Å². The van der Waals surface area contributed by atoms with Gasteiger partial charge in [0.2, 0.25) is 0 Å². The van der Waals surface area contributed by atoms with Crippen LogP contribution in [0.2, 0.25) is 0 Å². The molecule has 0 aliphatic heterocycles. The van der Waals surface area contributed by atoms with Crippen molar-refractivity contribution in [2.75, 3.05) is 4.90 Å². The van der Waals surface area contributed by atoms with Crippen molar-refractivity contribution in [1.29, 1.82) is 0 Å². The lowest BCUT2D eigenvalue weighted by Gasteiger charge is -2.33. The van der Waals surface area contributed by atoms with Crippen LogP contribution in [-0.2, 0) is 10.8 Å². The summed E-state index contributed by atoms with van der Waals surface area (Å²) in [6, 6.07) is 88.0. The number of furan rings is 1. The average molecular weight is 892 g/mol. The fourth-order valence-corrected chi connectivity index (χ4v) is 13.1. The van der Waals surface area contributed by atoms with Crippen LogP contribution in [0.1, 0.15) is 47.2 Å². The second kappa shape index (κ2) is 14.4. The molecule has 0 N–H and O–H groups in total. The summed E-state index contributed by atoms with van der Waals surface area (Å²) < 4.78 is 6.66. The molecule has 0 atom stereocenters. The van der Waals surface area contributed by atoms with E-state index in [2.05, 4.69) is 255 Å². The zero-order valence-corrected chi connectivity index (χ0v) is 38.9. The summed E-state index contributed by atoms with van der Waals surface area (Å²) >= 11 is 0. The van der Waals surface area contributed by atoms with E-state index in [9.17, 15) is 0 Å². The van der Waals surface area contributed by atoms with Crippen molar-refractivity contribution in [3.05, 3.63) is 270 Å². The van der Waals surface area contributed by atoms with Gasteiger partial charge in [-0.05, 0) is 131 Å². The van der Waals surface area contributed by atoms with Crippen LogP contribution in [0.25, 0.3) is 88.3 Å². The number of anilines is 3. The van der Waals surface area contributed by atoms with Crippen molar-refractivity contribution in [3.8, 4) is 55.6 Å². The van der Waals surface area contributed by atoms with Gasteiger partial charge in [0, 0.05) is 38.5 Å². The Bertz CT molecular complexity index is 4100. The number of hydrogen-bond acceptors (Lipinski definition) is 2. The fraction of sp³-hybridized carbons (Fsp3) is 0.0588. The van der Waals surface area contributed by atoms with Gasteiger partial charge in [-0.1, -0.05) is 208 Å². The fourth-order valence-electron chi connectivity index (χ4n) is 13.1. The molecule has 15 rings (SSSR count). The minimum atomic E-state index is -0.475. The van der Waals surface area contributed by atoms with Gasteiger partial charge in [-0.15, -0.1) is 0 Å². The Morgan fingerprint density at radius 2 is 0.900 bits per heavy atom. The molecule has 0 fully saturated rings. The van der Waals surface area contributed by atoms with Crippen molar-refractivity contribution in [1.82, 2.24) is 0 Å². The second-order valence-corrected chi connectivity index (χ2v) is 19.9. The number of benzene rings is 11. The first-order valence-corrected chi connectivity index (χ1v) is 24.5. The minimum Gasteiger partial charge on any atom is -0.455 e. The van der Waals surface area contributed by atoms with Gasteiger partial charge in [-0.25, -0.2) is 0 Å². The Hall–Kier alpha value is -8.72. The predicted octanol–water partition coefficient (Wildman–Crippen LogP) is 18.2. The summed E-state index contributed by atoms with van der Waals surface area (Å²) in [7, 11) is 0. The van der Waals surface area contributed by atoms with E-state index in [1.54, 1.807) is 0 Å². The van der Waals surface area contributed by atoms with Crippen LogP contribution in [0, 0.1) is 0 Å². The van der Waals surface area contributed by atoms with Crippen molar-refractivity contribution >= 4 is 49.8 Å². The summed E-state index contributed by atoms with van der Waals surface area (Å²) in [4.78, 5) is 2.51. The third kappa shape index (κ3) is 5.17. The highest BCUT2D eigenvalue weighted by Gasteiger charge is 2.51. The summed E-state index contributed by atoms with van der Waals surface area (Å²) in [5.74, 6) is 0. The first-order valence-electron chi connectivity index (χ1n) is 24.5. The van der Waals surface area contributed by atoms with Gasteiger partial charge in [0.25, 0.3) is 0 Å². The maximum atomic E-state index is 6.66. The van der Waals surface area contributed by atoms with Crippen LogP contribution in [0.15, 0.2) is 241 Å². The van der Waals surface area contributed by atoms with Gasteiger partial charge in [-0.2, -0.15) is 0 Å². The molecule has 1 aromatic heterocycles. The molecule has 3 aliphatic rings. The van der Waals surface area contributed by atoms with Crippen LogP contribution in [0.5, 0.6) is 0 Å². The Kier molecular flexibility index (Phi) is 8.08. The molecule has 0 radical (unpaired) electrons. The molecule has 2 nitrogen and oxygen atoms in total. The van der Waals surface area contributed by atoms with E-state index in [0.29, 0.717) is 0 Å². The Labute approximate surface area is 407 Å². The number of rotatable bonds is 5. The van der Waals surface area contributed by atoms with Crippen molar-refractivity contribution in [2.24, 2.45) is 0 Å². The molecule has 11 aromatic carbocycles. The van der Waals surface area contributed by atoms with E-state index in [0.717, 1.165) is 55.5 Å². The number of para-hydroxylation sites is 1. The quantitative estimate of drug-likeness (QED) is 0.171. The van der Waals surface area contributed by atoms with E-state index in [4.69, 9.17) is 4.42 Å². The van der Waals surface area contributed by atoms with Crippen molar-refractivity contribution < 1.29 is 4.42 Å². The molecule has 0 amide bonds. The zero-order chi connectivity index (χ0) is 46.3. The van der Waals surface area contributed by atoms with E-state index in [1.165, 1.54) is 83.3 Å². The summed E-state index contributed by atoms with van der Waals surface area (Å²) in [5, 5.41) is 4.58. The maximum Gasteiger partial charge on any atom is 0.143 e. The first-order chi connectivity index (χ1) is 34.5. The highest BCUT2D eigenvalue weighted by Crippen LogP contribution is 2.64. The van der Waals surface area contributed by atoms with Crippen molar-refractivity contribution in [2.45, 2.75) is 24.7 Å². The van der Waals surface area contributed by atoms with Gasteiger partial charge in [0.05, 0.1) is 11.1 Å². The van der Waals surface area contributed by atoms with Crippen LogP contribution >= 0.6 is 0 Å². The van der Waals surface area contributed by atoms with Gasteiger partial charge in [-0.3, -0.25) is 0 Å². The molecule has 2 heteroatoms. The normalized spacial score (nSPS) is 14.1. The predicted molar refractivity (Wildman–Crippen MR) is 291 cm³/mol. The molecular weight excluding hydrogens is 847 g/mol. The van der Waals surface area contributed by atoms with Gasteiger partial charge in [0.15, 0.2) is 0 Å². The summed E-state index contributed by atoms with van der Waals surface area (Å²) in [6.07, 6.45) is 0. The van der Waals surface area contributed by atoms with Gasteiger partial charge in [0.1, 0.15) is 11.2 Å². The molecule has 12 aromatic rings. The van der Waals surface area contributed by atoms with Crippen LogP contribution < -0.4 is 4.90 Å². The second-order valence-electron chi connectivity index (χ2n) is 19.9. The Morgan fingerprint density at radius 1 is 0.357 bits per heavy atom. The molecule has 1 spiro atoms. The molecular formula is C68H45NO. The lowest BCUT2D eigenvalue weighted by Crippen LogP contribution is -2.26. The van der Waals surface area contributed by atoms with E-state index in [-0.39, 0.29) is 5.41 Å². The van der Waals surface area contributed by atoms with Crippen LogP contribution in [-0.4, -0.2) is 0 Å². The molecule has 0 saturated heterocycles. The first kappa shape index (κ1) is 39.3. The molecule has 70 heavy (non-hydrogen) atoms. The number of hydrogen-bond donors (Lipinski definition) is 0. The monoisotopic (exact) mass is 891 g/mol. The third-order valence-electron chi connectivity index (χ3n) is 16.1. The largest absolute Gasteiger partial charge is 0.455 e. The topological polar surface area (TPSA) is 16.4 Å². The van der Waals surface area contributed by atoms with Crippen LogP contribution in [0.4, 0.5) is 17.1 Å². The minimum absolute atomic E-state index is 0.125. The van der Waals surface area contributed by atoms with E-state index in [1.807, 2.05) is 0 Å². The lowest BCUT2D eigenvalue weighted by molar-refractivity contribution is 0.660. The molecule has 0 bridgehead atoms. The SMILES string of the molecule is CC1(C)c2ccccc2-c2c(-c3ccccc3N(c3ccc(-c4cccc5oc6c7ccccc7ccc6c45)cc3)c3ccc4c(c3)C3(c5ccccc5-c5ccccc53)c3ccccc3-4)cccc21. The lowest BCUT2D eigenvalue weighted by atomic mass is 9.70. The standard InChI is InChI=1S/C68H45NO/c1-67(2)56-26-10-8-23-54(56)64-53(25-15-30-60(64)67)52-22-9-14-31-62(52)69(44-36-33-43(34-37-44)46-24-16-32-63-65(46)55-39-35-42-17-3-4-18-47(42)66(55)70-63)45-38-40-51-50-21-7-13-29-59(50)68(61(51)41-45)57-27-11-5-19-48(57)49-20-6-12-28-58(49)68/h3-41H,1-2H3. The highest BCUT2D eigenvalue weighted by molar-refractivity contribution is 6.19. The molecule has 0 unspecified atom stereocenters. The molecule has 328 valence electrons. The van der Waals surface area contributed by atoms with Gasteiger partial charge >= 0.3 is 0 Å². The molecule has 0 saturated carbocycles. The van der Waals surface area contributed by atoms with Crippen molar-refractivity contribution in [3.63, 3.8) is 0 Å². The zero-order valence-electron chi connectivity index (χ0n) is 38.9. The smallest absolute Gasteiger partial charge is 0.143 e. The summed E-state index contributed by atoms with van der Waals surface area (Å²) in [6.45, 7) is 4.74. The molecule has 3 aliphatic carbocycles. The van der Waals surface area contributed by atoms with Gasteiger partial charge < -0.3 is 9.32 Å².